The number of anilines is 2. The van der Waals surface area contributed by atoms with Crippen molar-refractivity contribution in [3.8, 4) is 5.75 Å². The minimum Gasteiger partial charge on any atom is -0.487 e. The maximum Gasteiger partial charge on any atom is 0.261 e. The maximum absolute atomic E-state index is 13.0. The van der Waals surface area contributed by atoms with Crippen LogP contribution in [0.2, 0.25) is 0 Å². The van der Waals surface area contributed by atoms with Crippen LogP contribution in [-0.2, 0) is 16.0 Å². The van der Waals surface area contributed by atoms with E-state index >= 15 is 0 Å². The average Bonchev–Trinajstić information content (AvgIpc) is 3.02. The van der Waals surface area contributed by atoms with Crippen molar-refractivity contribution in [2.45, 2.75) is 25.9 Å². The summed E-state index contributed by atoms with van der Waals surface area (Å²) < 4.78 is 11.5. The third-order valence-electron chi connectivity index (χ3n) is 5.03. The van der Waals surface area contributed by atoms with Crippen LogP contribution >= 0.6 is 0 Å². The Balaban J connectivity index is 1.68. The summed E-state index contributed by atoms with van der Waals surface area (Å²) in [6, 6.07) is 3.98. The van der Waals surface area contributed by atoms with Gasteiger partial charge in [0.05, 0.1) is 30.2 Å². The lowest BCUT2D eigenvalue weighted by atomic mass is 10.0. The molecule has 29 heavy (non-hydrogen) atoms. The number of rotatable bonds is 4. The monoisotopic (exact) mass is 395 g/mol. The number of allylic oxidation sites excluding steroid dienone is 1. The number of nitrogens with zero attached hydrogens (tertiary/aromatic N) is 2. The molecule has 0 aromatic heterocycles. The Morgan fingerprint density at radius 2 is 2.14 bits per heavy atom. The molecule has 3 N–H and O–H groups in total. The van der Waals surface area contributed by atoms with Crippen molar-refractivity contribution in [2.24, 2.45) is 4.99 Å². The first-order valence-corrected chi connectivity index (χ1v) is 9.67. The van der Waals surface area contributed by atoms with Crippen molar-refractivity contribution in [3.63, 3.8) is 0 Å². The zero-order valence-corrected chi connectivity index (χ0v) is 16.6. The average molecular weight is 395 g/mol. The Kier molecular flexibility index (Phi) is 5.10. The fourth-order valence-corrected chi connectivity index (χ4v) is 3.71. The molecule has 0 saturated carbocycles. The lowest BCUT2D eigenvalue weighted by molar-refractivity contribution is -0.112. The van der Waals surface area contributed by atoms with Gasteiger partial charge in [0.15, 0.2) is 0 Å². The van der Waals surface area contributed by atoms with Gasteiger partial charge in [-0.2, -0.15) is 0 Å². The zero-order chi connectivity index (χ0) is 20.4. The summed E-state index contributed by atoms with van der Waals surface area (Å²) in [7, 11) is 0. The lowest BCUT2D eigenvalue weighted by Crippen LogP contribution is -2.37. The molecule has 4 rings (SSSR count). The Hall–Kier alpha value is -3.13. The van der Waals surface area contributed by atoms with Crippen molar-refractivity contribution >= 4 is 29.7 Å². The van der Waals surface area contributed by atoms with Gasteiger partial charge in [-0.25, -0.2) is 4.99 Å². The molecule has 3 aliphatic rings. The van der Waals surface area contributed by atoms with Gasteiger partial charge in [-0.3, -0.25) is 4.79 Å². The molecule has 0 atom stereocenters. The van der Waals surface area contributed by atoms with Gasteiger partial charge in [0.2, 0.25) is 0 Å². The SMILES string of the molecule is CC1(C)Cc2cc(N3CCOCC3)c(NC(=O)/C(C=N)=C3\N=CC=CN3)cc2O1. The van der Waals surface area contributed by atoms with Crippen LogP contribution in [-0.4, -0.2) is 50.2 Å². The molecule has 0 radical (unpaired) electrons. The molecule has 8 nitrogen and oxygen atoms in total. The third kappa shape index (κ3) is 4.02. The molecule has 0 spiro atoms. The lowest BCUT2D eigenvalue weighted by Gasteiger charge is -2.31. The first-order chi connectivity index (χ1) is 14.0. The molecule has 3 heterocycles. The predicted octanol–water partition coefficient (Wildman–Crippen LogP) is 2.22. The van der Waals surface area contributed by atoms with Gasteiger partial charge in [0, 0.05) is 49.8 Å². The fraction of sp³-hybridized carbons (Fsp3) is 0.381. The fourth-order valence-electron chi connectivity index (χ4n) is 3.71. The summed E-state index contributed by atoms with van der Waals surface area (Å²) in [4.78, 5) is 19.3. The standard InChI is InChI=1S/C21H25N5O3/c1-21(2)12-14-10-17(26-6-8-28-9-7-26)16(11-18(14)29-21)25-20(27)15(13-22)19-23-4-3-5-24-19/h3-5,10-11,13,22-23H,6-9,12H2,1-2H3,(H,25,27)/b19-15-,22-13?. The molecule has 152 valence electrons. The van der Waals surface area contributed by atoms with Crippen LogP contribution in [0.4, 0.5) is 11.4 Å². The first-order valence-electron chi connectivity index (χ1n) is 9.67. The summed E-state index contributed by atoms with van der Waals surface area (Å²) in [5, 5.41) is 13.6. The highest BCUT2D eigenvalue weighted by atomic mass is 16.5. The quantitative estimate of drug-likeness (QED) is 0.536. The minimum atomic E-state index is -0.401. The van der Waals surface area contributed by atoms with E-state index < -0.39 is 5.91 Å². The van der Waals surface area contributed by atoms with Gasteiger partial charge in [-0.1, -0.05) is 0 Å². The van der Waals surface area contributed by atoms with E-state index in [-0.39, 0.29) is 11.2 Å². The number of aliphatic imine (C=N–C) groups is 1. The summed E-state index contributed by atoms with van der Waals surface area (Å²) in [5.74, 6) is 0.719. The Bertz CT molecular complexity index is 926. The molecule has 0 aliphatic carbocycles. The highest BCUT2D eigenvalue weighted by Crippen LogP contribution is 2.41. The predicted molar refractivity (Wildman–Crippen MR) is 113 cm³/mol. The van der Waals surface area contributed by atoms with Crippen LogP contribution in [0.3, 0.4) is 0 Å². The number of carbonyl (C=O) groups excluding carboxylic acids is 1. The molecular formula is C21H25N5O3. The second-order valence-corrected chi connectivity index (χ2v) is 7.76. The Morgan fingerprint density at radius 1 is 1.34 bits per heavy atom. The highest BCUT2D eigenvalue weighted by Gasteiger charge is 2.32. The van der Waals surface area contributed by atoms with Gasteiger partial charge >= 0.3 is 0 Å². The topological polar surface area (TPSA) is 99.0 Å². The molecule has 0 unspecified atom stereocenters. The number of fused-ring (bicyclic) bond motifs is 1. The van der Waals surface area contributed by atoms with E-state index in [4.69, 9.17) is 14.9 Å². The van der Waals surface area contributed by atoms with E-state index in [0.29, 0.717) is 24.7 Å². The number of amides is 1. The first kappa shape index (κ1) is 19.2. The molecule has 1 aromatic carbocycles. The summed E-state index contributed by atoms with van der Waals surface area (Å²) >= 11 is 0. The van der Waals surface area contributed by atoms with Gasteiger partial charge in [-0.05, 0) is 26.0 Å². The smallest absolute Gasteiger partial charge is 0.261 e. The van der Waals surface area contributed by atoms with Crippen LogP contribution in [0.15, 0.2) is 40.8 Å². The van der Waals surface area contributed by atoms with Crippen molar-refractivity contribution in [3.05, 3.63) is 41.4 Å². The van der Waals surface area contributed by atoms with Gasteiger partial charge in [0.25, 0.3) is 5.91 Å². The maximum atomic E-state index is 13.0. The van der Waals surface area contributed by atoms with Crippen LogP contribution in [0, 0.1) is 5.41 Å². The van der Waals surface area contributed by atoms with Gasteiger partial charge in [0.1, 0.15) is 17.2 Å². The summed E-state index contributed by atoms with van der Waals surface area (Å²) in [6.45, 7) is 6.90. The summed E-state index contributed by atoms with van der Waals surface area (Å²) in [5.41, 5.74) is 2.60. The molecule has 1 saturated heterocycles. The zero-order valence-electron chi connectivity index (χ0n) is 16.6. The van der Waals surface area contributed by atoms with E-state index in [1.54, 1.807) is 18.5 Å². The van der Waals surface area contributed by atoms with Crippen LogP contribution < -0.4 is 20.3 Å². The normalized spacial score (nSPS) is 21.1. The van der Waals surface area contributed by atoms with Crippen LogP contribution in [0.25, 0.3) is 0 Å². The molecule has 1 fully saturated rings. The van der Waals surface area contributed by atoms with Crippen LogP contribution in [0.1, 0.15) is 19.4 Å². The number of benzene rings is 1. The van der Waals surface area contributed by atoms with Crippen molar-refractivity contribution in [2.75, 3.05) is 36.5 Å². The van der Waals surface area contributed by atoms with E-state index in [1.165, 1.54) is 0 Å². The van der Waals surface area contributed by atoms with Gasteiger partial charge in [-0.15, -0.1) is 0 Å². The Labute approximate surface area is 169 Å². The Morgan fingerprint density at radius 3 is 2.83 bits per heavy atom. The number of morpholine rings is 1. The molecule has 0 bridgehead atoms. The number of ether oxygens (including phenoxy) is 2. The molecular weight excluding hydrogens is 370 g/mol. The number of hydrogen-bond acceptors (Lipinski definition) is 7. The van der Waals surface area contributed by atoms with E-state index in [1.807, 2.05) is 6.07 Å². The van der Waals surface area contributed by atoms with Crippen molar-refractivity contribution < 1.29 is 14.3 Å². The molecule has 1 aromatic rings. The number of nitrogens with one attached hydrogen (secondary N) is 3. The van der Waals surface area contributed by atoms with E-state index in [9.17, 15) is 4.79 Å². The van der Waals surface area contributed by atoms with E-state index in [2.05, 4.69) is 40.4 Å². The van der Waals surface area contributed by atoms with Gasteiger partial charge < -0.3 is 30.4 Å². The number of carbonyl (C=O) groups is 1. The highest BCUT2D eigenvalue weighted by molar-refractivity contribution is 6.18. The largest absolute Gasteiger partial charge is 0.487 e. The molecule has 3 aliphatic heterocycles. The molecule has 8 heteroatoms. The van der Waals surface area contributed by atoms with Crippen molar-refractivity contribution in [1.29, 1.82) is 5.41 Å². The van der Waals surface area contributed by atoms with Crippen LogP contribution in [0.5, 0.6) is 5.75 Å². The second kappa shape index (κ2) is 7.71. The third-order valence-corrected chi connectivity index (χ3v) is 5.03. The van der Waals surface area contributed by atoms with E-state index in [0.717, 1.165) is 42.7 Å². The summed E-state index contributed by atoms with van der Waals surface area (Å²) in [6.07, 6.45) is 6.79. The minimum absolute atomic E-state index is 0.153. The molecule has 1 amide bonds. The van der Waals surface area contributed by atoms with Crippen molar-refractivity contribution in [1.82, 2.24) is 5.32 Å². The number of hydrogen-bond donors (Lipinski definition) is 3. The second-order valence-electron chi connectivity index (χ2n) is 7.76.